The summed E-state index contributed by atoms with van der Waals surface area (Å²) < 4.78 is 5.40. The van der Waals surface area contributed by atoms with E-state index in [0.29, 0.717) is 24.2 Å². The van der Waals surface area contributed by atoms with Gasteiger partial charge in [0.1, 0.15) is 28.3 Å². The van der Waals surface area contributed by atoms with Gasteiger partial charge in [0, 0.05) is 47.7 Å². The Labute approximate surface area is 260 Å². The van der Waals surface area contributed by atoms with Gasteiger partial charge in [-0.15, -0.1) is 0 Å². The number of amides is 3. The molecule has 2 aliphatic heterocycles. The molecule has 1 saturated carbocycles. The average molecular weight is 601 g/mol. The van der Waals surface area contributed by atoms with Crippen LogP contribution in [0.4, 0.5) is 10.5 Å². The molecule has 2 aromatic carbocycles. The summed E-state index contributed by atoms with van der Waals surface area (Å²) in [6, 6.07) is 21.2. The van der Waals surface area contributed by atoms with Crippen molar-refractivity contribution < 1.29 is 19.1 Å². The van der Waals surface area contributed by atoms with E-state index in [1.165, 1.54) is 0 Å². The van der Waals surface area contributed by atoms with Crippen molar-refractivity contribution in [2.45, 2.75) is 56.7 Å². The number of alkyl carbamates (subject to hydrolysis) is 1. The maximum Gasteiger partial charge on any atom is 0.408 e. The molecule has 0 atom stereocenters. The van der Waals surface area contributed by atoms with Crippen LogP contribution in [0.3, 0.4) is 0 Å². The van der Waals surface area contributed by atoms with Crippen LogP contribution < -0.4 is 10.2 Å². The molecule has 0 bridgehead atoms. The van der Waals surface area contributed by atoms with Crippen molar-refractivity contribution >= 4 is 34.4 Å². The summed E-state index contributed by atoms with van der Waals surface area (Å²) in [6.07, 6.45) is 3.93. The van der Waals surface area contributed by atoms with E-state index in [-0.39, 0.29) is 31.4 Å². The molecule has 7 rings (SSSR count). The van der Waals surface area contributed by atoms with E-state index in [1.54, 1.807) is 42.8 Å². The largest absolute Gasteiger partial charge is 0.444 e. The van der Waals surface area contributed by atoms with Crippen molar-refractivity contribution in [3.05, 3.63) is 90.0 Å². The second-order valence-corrected chi connectivity index (χ2v) is 13.1. The Hall–Kier alpha value is -5.30. The van der Waals surface area contributed by atoms with E-state index in [4.69, 9.17) is 9.72 Å². The third-order valence-corrected chi connectivity index (χ3v) is 8.83. The molecule has 1 aliphatic carbocycles. The highest BCUT2D eigenvalue weighted by atomic mass is 16.6. The average Bonchev–Trinajstić information content (AvgIpc) is 3.73. The van der Waals surface area contributed by atoms with Gasteiger partial charge < -0.3 is 19.9 Å². The second-order valence-electron chi connectivity index (χ2n) is 13.1. The summed E-state index contributed by atoms with van der Waals surface area (Å²) in [4.78, 5) is 53.0. The van der Waals surface area contributed by atoms with Crippen LogP contribution in [0, 0.1) is 11.3 Å². The molecule has 3 amide bonds. The molecular weight excluding hydrogens is 568 g/mol. The molecule has 2 aromatic heterocycles. The molecule has 45 heavy (non-hydrogen) atoms. The number of fused-ring (bicyclic) bond motifs is 3. The van der Waals surface area contributed by atoms with Crippen molar-refractivity contribution in [1.29, 1.82) is 5.26 Å². The highest BCUT2D eigenvalue weighted by Crippen LogP contribution is 2.50. The first-order valence-electron chi connectivity index (χ1n) is 15.0. The summed E-state index contributed by atoms with van der Waals surface area (Å²) in [5.74, 6) is -0.272. The first-order chi connectivity index (χ1) is 21.5. The van der Waals surface area contributed by atoms with Crippen LogP contribution in [-0.2, 0) is 26.3 Å². The molecule has 10 heteroatoms. The number of carbonyl (C=O) groups excluding carboxylic acids is 3. The van der Waals surface area contributed by atoms with Crippen molar-refractivity contribution in [2.24, 2.45) is 0 Å². The van der Waals surface area contributed by atoms with E-state index in [0.717, 1.165) is 33.2 Å². The Morgan fingerprint density at radius 3 is 2.42 bits per heavy atom. The monoisotopic (exact) mass is 600 g/mol. The Morgan fingerprint density at radius 1 is 1.00 bits per heavy atom. The lowest BCUT2D eigenvalue weighted by Crippen LogP contribution is -2.68. The van der Waals surface area contributed by atoms with Gasteiger partial charge in [-0.1, -0.05) is 42.5 Å². The summed E-state index contributed by atoms with van der Waals surface area (Å²) in [5, 5.41) is 14.0. The molecule has 2 fully saturated rings. The van der Waals surface area contributed by atoms with Crippen LogP contribution in [0.25, 0.3) is 21.9 Å². The van der Waals surface area contributed by atoms with Crippen LogP contribution in [-0.4, -0.2) is 57.0 Å². The van der Waals surface area contributed by atoms with E-state index in [2.05, 4.69) is 16.4 Å². The van der Waals surface area contributed by atoms with Gasteiger partial charge in [0.25, 0.3) is 0 Å². The fourth-order valence-electron chi connectivity index (χ4n) is 6.53. The zero-order chi connectivity index (χ0) is 31.6. The lowest BCUT2D eigenvalue weighted by molar-refractivity contribution is -0.147. The predicted molar refractivity (Wildman–Crippen MR) is 167 cm³/mol. The van der Waals surface area contributed by atoms with E-state index < -0.39 is 22.6 Å². The highest BCUT2D eigenvalue weighted by molar-refractivity contribution is 6.11. The Morgan fingerprint density at radius 2 is 1.73 bits per heavy atom. The first-order valence-corrected chi connectivity index (χ1v) is 15.0. The number of nitrogens with one attached hydrogen (secondary N) is 1. The fourth-order valence-corrected chi connectivity index (χ4v) is 6.53. The van der Waals surface area contributed by atoms with Gasteiger partial charge in [0.2, 0.25) is 11.8 Å². The SMILES string of the molecule is CC(C)(C)OC(=O)NC1(C(=O)N2CC3(C2)C(=O)N(Cc2ncc4ccccc4c2-c2ccc(C#N)nc2)c2ccccc23)CC1. The number of nitrogens with zero attached hydrogens (tertiary/aromatic N) is 5. The molecule has 1 spiro atoms. The maximum atomic E-state index is 14.4. The van der Waals surface area contributed by atoms with Crippen LogP contribution in [0.5, 0.6) is 0 Å². The fraction of sp³-hybridized carbons (Fsp3) is 0.314. The van der Waals surface area contributed by atoms with Crippen molar-refractivity contribution in [2.75, 3.05) is 18.0 Å². The molecular formula is C35H32N6O4. The number of pyridine rings is 2. The van der Waals surface area contributed by atoms with Gasteiger partial charge in [-0.3, -0.25) is 14.6 Å². The quantitative estimate of drug-likeness (QED) is 0.347. The minimum atomic E-state index is -0.982. The topological polar surface area (TPSA) is 129 Å². The number of para-hydroxylation sites is 1. The summed E-state index contributed by atoms with van der Waals surface area (Å²) in [7, 11) is 0. The zero-order valence-electron chi connectivity index (χ0n) is 25.3. The van der Waals surface area contributed by atoms with Gasteiger partial charge >= 0.3 is 6.09 Å². The smallest absolute Gasteiger partial charge is 0.408 e. The molecule has 1 saturated heterocycles. The lowest BCUT2D eigenvalue weighted by Gasteiger charge is -2.48. The van der Waals surface area contributed by atoms with E-state index in [9.17, 15) is 19.6 Å². The minimum Gasteiger partial charge on any atom is -0.444 e. The number of likely N-dealkylation sites (tertiary alicyclic amines) is 1. The van der Waals surface area contributed by atoms with Crippen molar-refractivity contribution in [1.82, 2.24) is 20.2 Å². The van der Waals surface area contributed by atoms with E-state index >= 15 is 0 Å². The number of ether oxygens (including phenoxy) is 1. The highest BCUT2D eigenvalue weighted by Gasteiger charge is 2.63. The Balaban J connectivity index is 1.18. The predicted octanol–water partition coefficient (Wildman–Crippen LogP) is 4.85. The van der Waals surface area contributed by atoms with Gasteiger partial charge in [0.05, 0.1) is 12.2 Å². The minimum absolute atomic E-state index is 0.0865. The summed E-state index contributed by atoms with van der Waals surface area (Å²) in [5.41, 5.74) is 1.81. The summed E-state index contributed by atoms with van der Waals surface area (Å²) in [6.45, 7) is 6.01. The van der Waals surface area contributed by atoms with Gasteiger partial charge in [-0.05, 0) is 62.8 Å². The molecule has 0 radical (unpaired) electrons. The normalized spacial score (nSPS) is 17.4. The number of hydrogen-bond acceptors (Lipinski definition) is 7. The maximum absolute atomic E-state index is 14.4. The number of nitriles is 1. The molecule has 1 N–H and O–H groups in total. The lowest BCUT2D eigenvalue weighted by atomic mass is 9.74. The standard InChI is InChI=1S/C35H32N6O4/c1-33(2,3)45-32(44)39-35(14-15-35)31(43)40-20-34(21-40)26-10-6-7-11-28(26)41(30(34)42)19-27-29(23-12-13-24(16-36)37-18-23)25-9-5-4-8-22(25)17-38-27/h4-13,17-18H,14-15,19-21H2,1-3H3,(H,39,44). The number of carbonyl (C=O) groups is 3. The van der Waals surface area contributed by atoms with Gasteiger partial charge in [-0.25, -0.2) is 9.78 Å². The van der Waals surface area contributed by atoms with Gasteiger partial charge in [0.15, 0.2) is 0 Å². The third kappa shape index (κ3) is 4.75. The number of rotatable bonds is 5. The van der Waals surface area contributed by atoms with Crippen LogP contribution >= 0.6 is 0 Å². The Bertz CT molecular complexity index is 1910. The number of aromatic nitrogens is 2. The molecule has 226 valence electrons. The molecule has 10 nitrogen and oxygen atoms in total. The van der Waals surface area contributed by atoms with Crippen molar-refractivity contribution in [3.8, 4) is 17.2 Å². The second kappa shape index (κ2) is 10.1. The third-order valence-electron chi connectivity index (χ3n) is 8.83. The first kappa shape index (κ1) is 28.5. The van der Waals surface area contributed by atoms with E-state index in [1.807, 2.05) is 60.8 Å². The Kier molecular flexibility index (Phi) is 6.41. The number of hydrogen-bond donors (Lipinski definition) is 1. The van der Waals surface area contributed by atoms with Gasteiger partial charge in [-0.2, -0.15) is 5.26 Å². The molecule has 4 aromatic rings. The van der Waals surface area contributed by atoms with Crippen LogP contribution in [0.1, 0.15) is 50.6 Å². The summed E-state index contributed by atoms with van der Waals surface area (Å²) >= 11 is 0. The molecule has 3 aliphatic rings. The number of benzene rings is 2. The molecule has 0 unspecified atom stereocenters. The zero-order valence-corrected chi connectivity index (χ0v) is 25.3. The van der Waals surface area contributed by atoms with Crippen LogP contribution in [0.2, 0.25) is 0 Å². The van der Waals surface area contributed by atoms with Crippen LogP contribution in [0.15, 0.2) is 73.1 Å². The van der Waals surface area contributed by atoms with Crippen molar-refractivity contribution in [3.63, 3.8) is 0 Å². The number of anilines is 1. The molecule has 4 heterocycles.